The molecule has 0 radical (unpaired) electrons. The molecule has 2 aromatic rings. The lowest BCUT2D eigenvalue weighted by Crippen LogP contribution is -2.52. The standard InChI is InChI=1S/C19H20ClN5/c20-15-3-1-2-14(12-15)4-5-16-6-7-17-13-24(10-11-25(16)17)19-18(21)22-8-9-23-19/h1-3,8-9,12,16-17H,6-7,10-11,13H2,(H2,21,22)/t16-,17-/m0/s1. The molecule has 2 aliphatic heterocycles. The monoisotopic (exact) mass is 353 g/mol. The highest BCUT2D eigenvalue weighted by molar-refractivity contribution is 6.30. The highest BCUT2D eigenvalue weighted by atomic mass is 35.5. The van der Waals surface area contributed by atoms with Crippen molar-refractivity contribution in [2.24, 2.45) is 0 Å². The Morgan fingerprint density at radius 2 is 2.04 bits per heavy atom. The number of rotatable bonds is 1. The van der Waals surface area contributed by atoms with Crippen molar-refractivity contribution in [2.75, 3.05) is 30.3 Å². The number of hydrogen-bond donors (Lipinski definition) is 1. The van der Waals surface area contributed by atoms with E-state index < -0.39 is 0 Å². The van der Waals surface area contributed by atoms with Gasteiger partial charge in [-0.1, -0.05) is 29.5 Å². The van der Waals surface area contributed by atoms with E-state index in [2.05, 4.69) is 31.6 Å². The molecule has 6 heteroatoms. The van der Waals surface area contributed by atoms with E-state index in [4.69, 9.17) is 17.3 Å². The number of anilines is 2. The van der Waals surface area contributed by atoms with Crippen LogP contribution in [-0.4, -0.2) is 46.6 Å². The Labute approximate surface area is 152 Å². The van der Waals surface area contributed by atoms with Crippen LogP contribution in [-0.2, 0) is 0 Å². The minimum atomic E-state index is 0.310. The third-order valence-electron chi connectivity index (χ3n) is 4.92. The van der Waals surface area contributed by atoms with Gasteiger partial charge in [0.25, 0.3) is 0 Å². The molecule has 128 valence electrons. The SMILES string of the molecule is Nc1nccnc1N1CCN2[C@@H](CC[C@@H]2C#Cc2cccc(Cl)c2)C1. The van der Waals surface area contributed by atoms with Crippen molar-refractivity contribution in [3.05, 3.63) is 47.2 Å². The second-order valence-corrected chi connectivity index (χ2v) is 6.91. The van der Waals surface area contributed by atoms with E-state index in [0.29, 0.717) is 17.9 Å². The Morgan fingerprint density at radius 1 is 1.16 bits per heavy atom. The number of piperazine rings is 1. The van der Waals surface area contributed by atoms with Gasteiger partial charge in [-0.05, 0) is 31.0 Å². The molecule has 0 aliphatic carbocycles. The first-order chi connectivity index (χ1) is 12.2. The van der Waals surface area contributed by atoms with Crippen molar-refractivity contribution in [1.82, 2.24) is 14.9 Å². The van der Waals surface area contributed by atoms with Gasteiger partial charge in [0, 0.05) is 48.7 Å². The van der Waals surface area contributed by atoms with Crippen LogP contribution in [0.15, 0.2) is 36.7 Å². The van der Waals surface area contributed by atoms with E-state index in [9.17, 15) is 0 Å². The van der Waals surface area contributed by atoms with Crippen molar-refractivity contribution >= 4 is 23.2 Å². The molecule has 2 atom stereocenters. The Balaban J connectivity index is 1.45. The lowest BCUT2D eigenvalue weighted by Gasteiger charge is -2.39. The maximum absolute atomic E-state index is 6.03. The number of halogens is 1. The summed E-state index contributed by atoms with van der Waals surface area (Å²) in [5.74, 6) is 8.02. The molecule has 4 rings (SSSR count). The van der Waals surface area contributed by atoms with Gasteiger partial charge >= 0.3 is 0 Å². The summed E-state index contributed by atoms with van der Waals surface area (Å²) in [6.07, 6.45) is 5.58. The molecule has 3 heterocycles. The second-order valence-electron chi connectivity index (χ2n) is 6.48. The van der Waals surface area contributed by atoms with E-state index in [-0.39, 0.29) is 0 Å². The average molecular weight is 354 g/mol. The molecule has 2 saturated heterocycles. The Bertz CT molecular complexity index is 828. The molecule has 25 heavy (non-hydrogen) atoms. The largest absolute Gasteiger partial charge is 0.381 e. The summed E-state index contributed by atoms with van der Waals surface area (Å²) >= 11 is 6.03. The molecule has 2 fully saturated rings. The first-order valence-corrected chi connectivity index (χ1v) is 8.93. The van der Waals surface area contributed by atoms with Crippen LogP contribution in [0.5, 0.6) is 0 Å². The number of fused-ring (bicyclic) bond motifs is 1. The molecule has 1 aromatic carbocycles. The highest BCUT2D eigenvalue weighted by Gasteiger charge is 2.37. The van der Waals surface area contributed by atoms with Crippen LogP contribution >= 0.6 is 11.6 Å². The number of nitrogens with two attached hydrogens (primary N) is 1. The normalized spacial score (nSPS) is 23.0. The molecule has 0 spiro atoms. The van der Waals surface area contributed by atoms with Crippen LogP contribution < -0.4 is 10.6 Å². The van der Waals surface area contributed by atoms with Crippen molar-refractivity contribution in [3.63, 3.8) is 0 Å². The van der Waals surface area contributed by atoms with E-state index in [1.54, 1.807) is 12.4 Å². The summed E-state index contributed by atoms with van der Waals surface area (Å²) in [7, 11) is 0. The maximum atomic E-state index is 6.03. The van der Waals surface area contributed by atoms with Crippen molar-refractivity contribution in [3.8, 4) is 11.8 Å². The fourth-order valence-corrected chi connectivity index (χ4v) is 3.91. The predicted octanol–water partition coefficient (Wildman–Crippen LogP) is 2.42. The third kappa shape index (κ3) is 3.41. The third-order valence-corrected chi connectivity index (χ3v) is 5.15. The zero-order valence-electron chi connectivity index (χ0n) is 13.9. The Hall–Kier alpha value is -2.29. The van der Waals surface area contributed by atoms with Gasteiger partial charge in [-0.25, -0.2) is 9.97 Å². The first-order valence-electron chi connectivity index (χ1n) is 8.55. The molecule has 5 nitrogen and oxygen atoms in total. The minimum Gasteiger partial charge on any atom is -0.381 e. The second kappa shape index (κ2) is 6.91. The van der Waals surface area contributed by atoms with Gasteiger partial charge in [0.2, 0.25) is 0 Å². The van der Waals surface area contributed by atoms with E-state index >= 15 is 0 Å². The summed E-state index contributed by atoms with van der Waals surface area (Å²) in [6, 6.07) is 8.53. The summed E-state index contributed by atoms with van der Waals surface area (Å²) in [5, 5.41) is 0.728. The molecule has 0 unspecified atom stereocenters. The van der Waals surface area contributed by atoms with Crippen molar-refractivity contribution in [1.29, 1.82) is 0 Å². The quantitative estimate of drug-likeness (QED) is 0.798. The molecular formula is C19H20ClN5. The van der Waals surface area contributed by atoms with E-state index in [0.717, 1.165) is 48.9 Å². The first kappa shape index (κ1) is 16.2. The van der Waals surface area contributed by atoms with Gasteiger partial charge in [-0.15, -0.1) is 0 Å². The molecule has 0 bridgehead atoms. The summed E-state index contributed by atoms with van der Waals surface area (Å²) in [5.41, 5.74) is 6.95. The zero-order valence-corrected chi connectivity index (χ0v) is 14.7. The van der Waals surface area contributed by atoms with Crippen molar-refractivity contribution in [2.45, 2.75) is 24.9 Å². The smallest absolute Gasteiger partial charge is 0.171 e. The van der Waals surface area contributed by atoms with E-state index in [1.807, 2.05) is 24.3 Å². The van der Waals surface area contributed by atoms with Crippen LogP contribution in [0.1, 0.15) is 18.4 Å². The fraction of sp³-hybridized carbons (Fsp3) is 0.368. The van der Waals surface area contributed by atoms with Crippen LogP contribution in [0, 0.1) is 11.8 Å². The molecule has 2 N–H and O–H groups in total. The van der Waals surface area contributed by atoms with Crippen LogP contribution in [0.3, 0.4) is 0 Å². The summed E-state index contributed by atoms with van der Waals surface area (Å²) in [4.78, 5) is 13.3. The molecule has 2 aliphatic rings. The fourth-order valence-electron chi connectivity index (χ4n) is 3.72. The average Bonchev–Trinajstić information content (AvgIpc) is 3.03. The van der Waals surface area contributed by atoms with Crippen LogP contribution in [0.2, 0.25) is 5.02 Å². The number of nitrogens with zero attached hydrogens (tertiary/aromatic N) is 4. The van der Waals surface area contributed by atoms with Gasteiger partial charge in [0.15, 0.2) is 11.6 Å². The Morgan fingerprint density at radius 3 is 2.88 bits per heavy atom. The highest BCUT2D eigenvalue weighted by Crippen LogP contribution is 2.30. The zero-order chi connectivity index (χ0) is 17.2. The minimum absolute atomic E-state index is 0.310. The lowest BCUT2D eigenvalue weighted by molar-refractivity contribution is 0.203. The van der Waals surface area contributed by atoms with E-state index in [1.165, 1.54) is 0 Å². The van der Waals surface area contributed by atoms with Gasteiger partial charge in [-0.2, -0.15) is 0 Å². The number of hydrogen-bond acceptors (Lipinski definition) is 5. The van der Waals surface area contributed by atoms with Crippen molar-refractivity contribution < 1.29 is 0 Å². The topological polar surface area (TPSA) is 58.3 Å². The Kier molecular flexibility index (Phi) is 4.48. The van der Waals surface area contributed by atoms with Gasteiger partial charge in [0.1, 0.15) is 0 Å². The van der Waals surface area contributed by atoms with Crippen LogP contribution in [0.25, 0.3) is 0 Å². The van der Waals surface area contributed by atoms with Gasteiger partial charge in [0.05, 0.1) is 6.04 Å². The summed E-state index contributed by atoms with van der Waals surface area (Å²) < 4.78 is 0. The molecule has 1 aromatic heterocycles. The van der Waals surface area contributed by atoms with Crippen LogP contribution in [0.4, 0.5) is 11.6 Å². The number of aromatic nitrogens is 2. The predicted molar refractivity (Wildman–Crippen MR) is 101 cm³/mol. The maximum Gasteiger partial charge on any atom is 0.171 e. The number of benzene rings is 1. The van der Waals surface area contributed by atoms with Gasteiger partial charge < -0.3 is 10.6 Å². The van der Waals surface area contributed by atoms with Gasteiger partial charge in [-0.3, -0.25) is 4.90 Å². The molecular weight excluding hydrogens is 334 g/mol. The summed E-state index contributed by atoms with van der Waals surface area (Å²) in [6.45, 7) is 2.79. The molecule has 0 amide bonds. The molecule has 0 saturated carbocycles. The lowest BCUT2D eigenvalue weighted by atomic mass is 10.1. The number of nitrogen functional groups attached to an aromatic ring is 1.